The van der Waals surface area contributed by atoms with Gasteiger partial charge in [-0.25, -0.2) is 4.98 Å². The molecule has 9 nitrogen and oxygen atoms in total. The molecule has 0 atom stereocenters. The molecule has 0 unspecified atom stereocenters. The van der Waals surface area contributed by atoms with Gasteiger partial charge < -0.3 is 21.7 Å². The van der Waals surface area contributed by atoms with Crippen LogP contribution in [0.5, 0.6) is 0 Å². The van der Waals surface area contributed by atoms with E-state index in [1.807, 2.05) is 45.0 Å². The minimum Gasteiger partial charge on any atom is -0.384 e. The van der Waals surface area contributed by atoms with Gasteiger partial charge >= 0.3 is 0 Å². The minimum absolute atomic E-state index is 0.139. The second kappa shape index (κ2) is 11.1. The number of carbonyl (C=O) groups excluding carboxylic acids is 2. The van der Waals surface area contributed by atoms with Gasteiger partial charge in [0.1, 0.15) is 5.82 Å². The molecule has 0 aliphatic rings. The summed E-state index contributed by atoms with van der Waals surface area (Å²) in [4.78, 5) is 28.2. The van der Waals surface area contributed by atoms with Crippen molar-refractivity contribution < 1.29 is 9.59 Å². The zero-order valence-corrected chi connectivity index (χ0v) is 20.0. The van der Waals surface area contributed by atoms with Crippen LogP contribution in [0, 0.1) is 13.8 Å². The first-order valence-electron chi connectivity index (χ1n) is 11.0. The Morgan fingerprint density at radius 2 is 1.79 bits per heavy atom. The number of rotatable bonds is 9. The number of nitrogen functional groups attached to an aromatic ring is 1. The van der Waals surface area contributed by atoms with E-state index in [1.54, 1.807) is 30.2 Å². The number of hydrogen-bond donors (Lipinski definition) is 4. The van der Waals surface area contributed by atoms with E-state index in [2.05, 4.69) is 26.0 Å². The summed E-state index contributed by atoms with van der Waals surface area (Å²) in [6.45, 7) is 7.23. The lowest BCUT2D eigenvalue weighted by molar-refractivity contribution is -0.116. The second-order valence-electron chi connectivity index (χ2n) is 8.15. The third kappa shape index (κ3) is 6.68. The number of amides is 2. The Balaban J connectivity index is 1.54. The number of aryl methyl sites for hydroxylation is 2. The number of pyridine rings is 1. The molecule has 0 aliphatic heterocycles. The maximum Gasteiger partial charge on any atom is 0.254 e. The number of carbonyl (C=O) groups is 2. The Labute approximate surface area is 199 Å². The molecule has 2 heterocycles. The quantitative estimate of drug-likeness (QED) is 0.362. The van der Waals surface area contributed by atoms with Crippen molar-refractivity contribution in [2.45, 2.75) is 40.4 Å². The van der Waals surface area contributed by atoms with Gasteiger partial charge in [0.05, 0.1) is 18.3 Å². The van der Waals surface area contributed by atoms with Crippen molar-refractivity contribution in [3.05, 3.63) is 88.0 Å². The Morgan fingerprint density at radius 3 is 2.47 bits per heavy atom. The highest BCUT2D eigenvalue weighted by atomic mass is 16.2. The van der Waals surface area contributed by atoms with E-state index in [4.69, 9.17) is 5.73 Å². The van der Waals surface area contributed by atoms with Gasteiger partial charge in [-0.2, -0.15) is 5.10 Å². The predicted octanol–water partition coefficient (Wildman–Crippen LogP) is 2.19. The van der Waals surface area contributed by atoms with E-state index < -0.39 is 0 Å². The molecular weight excluding hydrogens is 430 g/mol. The summed E-state index contributed by atoms with van der Waals surface area (Å²) < 4.78 is 1.74. The lowest BCUT2D eigenvalue weighted by Gasteiger charge is -2.11. The molecule has 5 N–H and O–H groups in total. The largest absolute Gasteiger partial charge is 0.384 e. The highest BCUT2D eigenvalue weighted by Crippen LogP contribution is 2.15. The first-order valence-corrected chi connectivity index (χ1v) is 11.0. The first-order chi connectivity index (χ1) is 16.2. The first kappa shape index (κ1) is 24.5. The molecule has 0 saturated carbocycles. The molecule has 3 rings (SSSR count). The van der Waals surface area contributed by atoms with Gasteiger partial charge in [-0.15, -0.1) is 0 Å². The van der Waals surface area contributed by atoms with Crippen LogP contribution >= 0.6 is 0 Å². The molecule has 0 fully saturated rings. The average molecular weight is 462 g/mol. The van der Waals surface area contributed by atoms with Crippen molar-refractivity contribution in [2.24, 2.45) is 0 Å². The second-order valence-corrected chi connectivity index (χ2v) is 8.15. The number of nitrogens with two attached hydrogens (primary N) is 1. The molecular formula is C25H31N7O2. The maximum atomic E-state index is 12.6. The van der Waals surface area contributed by atoms with Crippen LogP contribution in [0.15, 0.2) is 54.5 Å². The van der Waals surface area contributed by atoms with Crippen LogP contribution in [0.1, 0.15) is 45.2 Å². The number of nitrogens with zero attached hydrogens (tertiary/aromatic N) is 3. The van der Waals surface area contributed by atoms with Crippen LogP contribution in [-0.2, 0) is 24.4 Å². The molecule has 0 aliphatic carbocycles. The fraction of sp³-hybridized carbons (Fsp3) is 0.280. The monoisotopic (exact) mass is 461 g/mol. The zero-order chi connectivity index (χ0) is 24.7. The normalized spacial score (nSPS) is 11.2. The fourth-order valence-electron chi connectivity index (χ4n) is 3.50. The van der Waals surface area contributed by atoms with Crippen molar-refractivity contribution in [3.63, 3.8) is 0 Å². The predicted molar refractivity (Wildman–Crippen MR) is 132 cm³/mol. The van der Waals surface area contributed by atoms with E-state index in [0.29, 0.717) is 31.0 Å². The molecule has 3 aromatic rings. The smallest absolute Gasteiger partial charge is 0.254 e. The molecule has 178 valence electrons. The summed E-state index contributed by atoms with van der Waals surface area (Å²) in [7, 11) is 1.60. The van der Waals surface area contributed by atoms with Crippen molar-refractivity contribution in [3.8, 4) is 0 Å². The van der Waals surface area contributed by atoms with E-state index in [-0.39, 0.29) is 11.8 Å². The Bertz CT molecular complexity index is 1170. The number of anilines is 1. The summed E-state index contributed by atoms with van der Waals surface area (Å²) in [6.07, 6.45) is 4.82. The van der Waals surface area contributed by atoms with Gasteiger partial charge in [-0.1, -0.05) is 24.3 Å². The molecule has 0 bridgehead atoms. The van der Waals surface area contributed by atoms with Crippen LogP contribution in [-0.4, -0.2) is 33.6 Å². The molecule has 1 aromatic carbocycles. The summed E-state index contributed by atoms with van der Waals surface area (Å²) in [6, 6.07) is 9.90. The minimum atomic E-state index is -0.191. The SMILES string of the molecule is CNC(=O)/C=C(/C)NCc1ccc(Cn2cc(C(=O)NCc3c(C)cc(N)nc3C)cn2)cc1. The number of allylic oxidation sites excluding steroid dienone is 1. The van der Waals surface area contributed by atoms with E-state index in [1.165, 1.54) is 6.08 Å². The highest BCUT2D eigenvalue weighted by molar-refractivity contribution is 5.93. The molecule has 0 saturated heterocycles. The number of hydrogen-bond acceptors (Lipinski definition) is 6. The summed E-state index contributed by atoms with van der Waals surface area (Å²) in [5.74, 6) is 0.146. The van der Waals surface area contributed by atoms with Gasteiger partial charge in [-0.05, 0) is 49.1 Å². The molecule has 0 spiro atoms. The Hall–Kier alpha value is -4.14. The van der Waals surface area contributed by atoms with Gasteiger partial charge in [0, 0.05) is 43.8 Å². The number of nitrogens with one attached hydrogen (secondary N) is 3. The Kier molecular flexibility index (Phi) is 8.02. The third-order valence-corrected chi connectivity index (χ3v) is 5.43. The third-order valence-electron chi connectivity index (χ3n) is 5.43. The lowest BCUT2D eigenvalue weighted by Crippen LogP contribution is -2.23. The number of likely N-dealkylation sites (N-methyl/N-ethyl adjacent to an activating group) is 1. The van der Waals surface area contributed by atoms with Crippen LogP contribution in [0.2, 0.25) is 0 Å². The van der Waals surface area contributed by atoms with Gasteiger partial charge in [0.25, 0.3) is 5.91 Å². The molecule has 9 heteroatoms. The average Bonchev–Trinajstić information content (AvgIpc) is 3.26. The highest BCUT2D eigenvalue weighted by Gasteiger charge is 2.11. The van der Waals surface area contributed by atoms with Crippen molar-refractivity contribution >= 4 is 17.6 Å². The summed E-state index contributed by atoms with van der Waals surface area (Å²) >= 11 is 0. The van der Waals surface area contributed by atoms with Crippen LogP contribution in [0.3, 0.4) is 0 Å². The van der Waals surface area contributed by atoms with Crippen molar-refractivity contribution in [1.82, 2.24) is 30.7 Å². The summed E-state index contributed by atoms with van der Waals surface area (Å²) in [5, 5.41) is 13.0. The van der Waals surface area contributed by atoms with Gasteiger partial charge in [-0.3, -0.25) is 14.3 Å². The standard InChI is InChI=1S/C25H31N7O2/c1-16-9-23(26)31-18(3)22(16)13-29-25(34)21-12-30-32(15-21)14-20-7-5-19(6-8-20)11-28-17(2)10-24(33)27-4/h5-10,12,15,28H,11,13-14H2,1-4H3,(H2,26,31)(H,27,33)(H,29,34)/b17-10-. The van der Waals surface area contributed by atoms with Crippen LogP contribution in [0.25, 0.3) is 0 Å². The van der Waals surface area contributed by atoms with E-state index in [9.17, 15) is 9.59 Å². The van der Waals surface area contributed by atoms with Gasteiger partial charge in [0.2, 0.25) is 5.91 Å². The molecule has 34 heavy (non-hydrogen) atoms. The van der Waals surface area contributed by atoms with Crippen LogP contribution < -0.4 is 21.7 Å². The zero-order valence-electron chi connectivity index (χ0n) is 20.0. The number of aromatic nitrogens is 3. The van der Waals surface area contributed by atoms with Crippen molar-refractivity contribution in [1.29, 1.82) is 0 Å². The van der Waals surface area contributed by atoms with E-state index >= 15 is 0 Å². The summed E-state index contributed by atoms with van der Waals surface area (Å²) in [5.41, 5.74) is 12.0. The van der Waals surface area contributed by atoms with Crippen molar-refractivity contribution in [2.75, 3.05) is 12.8 Å². The van der Waals surface area contributed by atoms with E-state index in [0.717, 1.165) is 33.6 Å². The number of benzene rings is 1. The fourth-order valence-corrected chi connectivity index (χ4v) is 3.50. The lowest BCUT2D eigenvalue weighted by atomic mass is 10.1. The molecule has 0 radical (unpaired) electrons. The van der Waals surface area contributed by atoms with Crippen LogP contribution in [0.4, 0.5) is 5.82 Å². The molecule has 2 amide bonds. The van der Waals surface area contributed by atoms with Gasteiger partial charge in [0.15, 0.2) is 0 Å². The maximum absolute atomic E-state index is 12.6. The Morgan fingerprint density at radius 1 is 1.09 bits per heavy atom. The topological polar surface area (TPSA) is 127 Å². The molecule has 2 aromatic heterocycles.